The van der Waals surface area contributed by atoms with E-state index >= 15 is 0 Å². The van der Waals surface area contributed by atoms with Crippen molar-refractivity contribution in [3.63, 3.8) is 0 Å². The van der Waals surface area contributed by atoms with Crippen molar-refractivity contribution in [1.29, 1.82) is 0 Å². The first-order chi connectivity index (χ1) is 9.99. The average Bonchev–Trinajstić information content (AvgIpc) is 3.06. The highest BCUT2D eigenvalue weighted by molar-refractivity contribution is 9.10. The zero-order valence-corrected chi connectivity index (χ0v) is 13.3. The third kappa shape index (κ3) is 1.66. The van der Waals surface area contributed by atoms with Gasteiger partial charge in [0.1, 0.15) is 5.76 Å². The Labute approximate surface area is 131 Å². The lowest BCUT2D eigenvalue weighted by Gasteiger charge is -2.15. The summed E-state index contributed by atoms with van der Waals surface area (Å²) in [7, 11) is 0. The molecule has 1 fully saturated rings. The molecule has 108 valence electrons. The number of ketones is 1. The van der Waals surface area contributed by atoms with Crippen LogP contribution in [-0.4, -0.2) is 23.1 Å². The number of aliphatic hydroxyl groups excluding tert-OH is 1. The van der Waals surface area contributed by atoms with E-state index in [0.717, 1.165) is 21.2 Å². The van der Waals surface area contributed by atoms with Crippen LogP contribution in [0.15, 0.2) is 34.5 Å². The average molecular weight is 347 g/mol. The fourth-order valence-corrected chi connectivity index (χ4v) is 4.65. The Balaban J connectivity index is 1.89. The number of allylic oxidation sites excluding steroid dienone is 1. The molecule has 21 heavy (non-hydrogen) atoms. The minimum atomic E-state index is -0.252. The predicted octanol–water partition coefficient (Wildman–Crippen LogP) is 3.49. The Morgan fingerprint density at radius 2 is 1.67 bits per heavy atom. The molecule has 0 unspecified atom stereocenters. The number of carbonyl (C=O) groups excluding carboxylic acids is 1. The van der Waals surface area contributed by atoms with Gasteiger partial charge in [0.15, 0.2) is 5.78 Å². The van der Waals surface area contributed by atoms with Crippen LogP contribution in [0.3, 0.4) is 0 Å². The molecular weight excluding hydrogens is 332 g/mol. The molecular formula is C17H15BrO3. The van der Waals surface area contributed by atoms with Crippen molar-refractivity contribution in [2.75, 3.05) is 0 Å². The summed E-state index contributed by atoms with van der Waals surface area (Å²) in [5.41, 5.74) is 3.36. The molecule has 4 rings (SSSR count). The number of halogens is 1. The molecule has 0 aromatic heterocycles. The number of Topliss-reactive ketones (excluding diaryl/α,β-unsaturated/α-hetero) is 1. The van der Waals surface area contributed by atoms with E-state index in [4.69, 9.17) is 4.74 Å². The lowest BCUT2D eigenvalue weighted by molar-refractivity contribution is -0.118. The molecule has 1 aromatic carbocycles. The van der Waals surface area contributed by atoms with Crippen molar-refractivity contribution < 1.29 is 14.6 Å². The minimum absolute atomic E-state index is 0.0165. The minimum Gasteiger partial charge on any atom is -0.511 e. The molecule has 3 aliphatic rings. The number of fused-ring (bicyclic) bond motifs is 5. The Hall–Kier alpha value is -1.39. The Morgan fingerprint density at radius 3 is 2.24 bits per heavy atom. The number of hydrogen-bond donors (Lipinski definition) is 1. The van der Waals surface area contributed by atoms with Crippen LogP contribution in [0.5, 0.6) is 0 Å². The number of rotatable bonds is 1. The molecule has 0 amide bonds. The fraction of sp³-hybridized carbons (Fsp3) is 0.353. The van der Waals surface area contributed by atoms with Gasteiger partial charge in [0.2, 0.25) is 0 Å². The van der Waals surface area contributed by atoms with Gasteiger partial charge in [-0.05, 0) is 42.7 Å². The highest BCUT2D eigenvalue weighted by atomic mass is 79.9. The molecule has 2 heterocycles. The standard InChI is InChI=1S/C17H15BrO3/c1-7-5-9(18)6-8(2)12(7)15-16(19)13-10-3-4-11(21-10)14(13)17(15)20/h3-6,10-11,13-14,19H,1-2H3/t10-,11+,13-,14+/m1/s1. The van der Waals surface area contributed by atoms with E-state index in [9.17, 15) is 9.90 Å². The SMILES string of the molecule is Cc1cc(Br)cc(C)c1C1=C(O)[C@H]2[C@@H](C1=O)[C@@H]1C=C[C@H]2O1. The van der Waals surface area contributed by atoms with Crippen molar-refractivity contribution in [2.45, 2.75) is 26.1 Å². The number of benzene rings is 1. The second-order valence-electron chi connectivity index (χ2n) is 6.04. The highest BCUT2D eigenvalue weighted by Gasteiger charge is 2.57. The lowest BCUT2D eigenvalue weighted by Crippen LogP contribution is -2.26. The summed E-state index contributed by atoms with van der Waals surface area (Å²) in [5.74, 6) is -0.236. The normalized spacial score (nSPS) is 33.2. The third-order valence-corrected chi connectivity index (χ3v) is 5.23. The number of carbonyl (C=O) groups is 1. The van der Waals surface area contributed by atoms with Gasteiger partial charge < -0.3 is 9.84 Å². The summed E-state index contributed by atoms with van der Waals surface area (Å²) >= 11 is 3.47. The van der Waals surface area contributed by atoms with Crippen molar-refractivity contribution in [3.05, 3.63) is 51.2 Å². The van der Waals surface area contributed by atoms with Crippen molar-refractivity contribution in [2.24, 2.45) is 11.8 Å². The molecule has 1 saturated heterocycles. The molecule has 1 N–H and O–H groups in total. The molecule has 3 nitrogen and oxygen atoms in total. The molecule has 1 aliphatic carbocycles. The van der Waals surface area contributed by atoms with Gasteiger partial charge in [-0.3, -0.25) is 4.79 Å². The summed E-state index contributed by atoms with van der Waals surface area (Å²) in [6.07, 6.45) is 3.57. The first-order valence-electron chi connectivity index (χ1n) is 7.07. The van der Waals surface area contributed by atoms with E-state index in [1.165, 1.54) is 0 Å². The first-order valence-corrected chi connectivity index (χ1v) is 7.86. The zero-order chi connectivity index (χ0) is 14.9. The molecule has 0 saturated carbocycles. The van der Waals surface area contributed by atoms with E-state index in [1.807, 2.05) is 38.1 Å². The quantitative estimate of drug-likeness (QED) is 0.791. The number of aliphatic hydroxyl groups is 1. The van der Waals surface area contributed by atoms with Crippen LogP contribution in [0.2, 0.25) is 0 Å². The molecule has 1 aromatic rings. The molecule has 4 atom stereocenters. The van der Waals surface area contributed by atoms with Crippen LogP contribution in [0.25, 0.3) is 5.57 Å². The van der Waals surface area contributed by atoms with E-state index < -0.39 is 0 Å². The maximum Gasteiger partial charge on any atom is 0.173 e. The summed E-state index contributed by atoms with van der Waals surface area (Å²) in [4.78, 5) is 12.8. The Kier molecular flexibility index (Phi) is 2.72. The summed E-state index contributed by atoms with van der Waals surface area (Å²) in [6, 6.07) is 3.96. The van der Waals surface area contributed by atoms with Crippen LogP contribution < -0.4 is 0 Å². The topological polar surface area (TPSA) is 46.5 Å². The van der Waals surface area contributed by atoms with Crippen molar-refractivity contribution in [3.8, 4) is 0 Å². The largest absolute Gasteiger partial charge is 0.511 e. The van der Waals surface area contributed by atoms with Crippen LogP contribution in [-0.2, 0) is 9.53 Å². The third-order valence-electron chi connectivity index (χ3n) is 4.77. The predicted molar refractivity (Wildman–Crippen MR) is 83.0 cm³/mol. The highest BCUT2D eigenvalue weighted by Crippen LogP contribution is 2.51. The number of ether oxygens (including phenoxy) is 1. The second-order valence-corrected chi connectivity index (χ2v) is 6.96. The van der Waals surface area contributed by atoms with Gasteiger partial charge in [0.25, 0.3) is 0 Å². The number of aryl methyl sites for hydroxylation is 2. The van der Waals surface area contributed by atoms with Gasteiger partial charge in [0.05, 0.1) is 29.6 Å². The summed E-state index contributed by atoms with van der Waals surface area (Å²) in [5, 5.41) is 10.7. The second kappa shape index (κ2) is 4.31. The first kappa shape index (κ1) is 13.3. The fourth-order valence-electron chi connectivity index (χ4n) is 3.96. The van der Waals surface area contributed by atoms with Gasteiger partial charge in [-0.15, -0.1) is 0 Å². The van der Waals surface area contributed by atoms with Gasteiger partial charge in [-0.25, -0.2) is 0 Å². The number of hydrogen-bond acceptors (Lipinski definition) is 3. The van der Waals surface area contributed by atoms with Crippen molar-refractivity contribution >= 4 is 27.3 Å². The maximum atomic E-state index is 12.8. The van der Waals surface area contributed by atoms with Crippen LogP contribution >= 0.6 is 15.9 Å². The van der Waals surface area contributed by atoms with Gasteiger partial charge in [-0.1, -0.05) is 28.1 Å². The van der Waals surface area contributed by atoms with Crippen LogP contribution in [0.4, 0.5) is 0 Å². The van der Waals surface area contributed by atoms with E-state index in [-0.39, 0.29) is 35.6 Å². The van der Waals surface area contributed by atoms with Crippen LogP contribution in [0.1, 0.15) is 16.7 Å². The summed E-state index contributed by atoms with van der Waals surface area (Å²) in [6.45, 7) is 3.94. The smallest absolute Gasteiger partial charge is 0.173 e. The lowest BCUT2D eigenvalue weighted by atomic mass is 9.84. The van der Waals surface area contributed by atoms with Crippen LogP contribution in [0, 0.1) is 25.7 Å². The van der Waals surface area contributed by atoms with Gasteiger partial charge >= 0.3 is 0 Å². The van der Waals surface area contributed by atoms with E-state index in [2.05, 4.69) is 15.9 Å². The zero-order valence-electron chi connectivity index (χ0n) is 11.8. The van der Waals surface area contributed by atoms with Gasteiger partial charge in [-0.2, -0.15) is 0 Å². The maximum absolute atomic E-state index is 12.8. The van der Waals surface area contributed by atoms with Gasteiger partial charge in [0, 0.05) is 4.47 Å². The Morgan fingerprint density at radius 1 is 1.10 bits per heavy atom. The molecule has 2 aliphatic heterocycles. The van der Waals surface area contributed by atoms with E-state index in [1.54, 1.807) is 0 Å². The monoisotopic (exact) mass is 346 g/mol. The Bertz CT molecular complexity index is 709. The summed E-state index contributed by atoms with van der Waals surface area (Å²) < 4.78 is 6.69. The van der Waals surface area contributed by atoms with Crippen molar-refractivity contribution in [1.82, 2.24) is 0 Å². The van der Waals surface area contributed by atoms with E-state index in [0.29, 0.717) is 5.57 Å². The molecule has 0 radical (unpaired) electrons. The molecule has 0 spiro atoms. The molecule has 4 heteroatoms. The molecule has 2 bridgehead atoms.